The molecule has 0 aromatic heterocycles. The molecule has 0 bridgehead atoms. The van der Waals surface area contributed by atoms with Crippen LogP contribution in [-0.4, -0.2) is 31.8 Å². The smallest absolute Gasteiger partial charge is 0.420 e. The van der Waals surface area contributed by atoms with Gasteiger partial charge in [0.25, 0.3) is 0 Å². The van der Waals surface area contributed by atoms with Gasteiger partial charge in [-0.15, -0.1) is 0 Å². The zero-order valence-corrected chi connectivity index (χ0v) is 12.0. The van der Waals surface area contributed by atoms with Crippen LogP contribution in [0.1, 0.15) is 23.6 Å². The fraction of sp³-hybridized carbons (Fsp3) is 0.500. The van der Waals surface area contributed by atoms with Crippen LogP contribution in [-0.2, 0) is 11.0 Å². The molecule has 2 unspecified atom stereocenters. The average Bonchev–Trinajstić information content (AvgIpc) is 2.94. The van der Waals surface area contributed by atoms with Crippen LogP contribution >= 0.6 is 0 Å². The van der Waals surface area contributed by atoms with Gasteiger partial charge < -0.3 is 19.9 Å². The first-order valence-corrected chi connectivity index (χ1v) is 6.57. The van der Waals surface area contributed by atoms with Crippen LogP contribution in [0.2, 0.25) is 0 Å². The van der Waals surface area contributed by atoms with E-state index in [1.54, 1.807) is 0 Å². The molecule has 1 aliphatic heterocycles. The number of methoxy groups -OCH3 is 2. The van der Waals surface area contributed by atoms with Crippen LogP contribution in [0.4, 0.5) is 13.2 Å². The molecule has 2 atom stereocenters. The maximum Gasteiger partial charge on any atom is 0.420 e. The molecule has 0 amide bonds. The minimum atomic E-state index is -4.57. The van der Waals surface area contributed by atoms with Gasteiger partial charge in [0.15, 0.2) is 11.5 Å². The predicted octanol–water partition coefficient (Wildman–Crippen LogP) is 2.46. The lowest BCUT2D eigenvalue weighted by Crippen LogP contribution is -2.18. The quantitative estimate of drug-likeness (QED) is 0.892. The summed E-state index contributed by atoms with van der Waals surface area (Å²) < 4.78 is 49.0. The number of rotatable bonds is 4. The standard InChI is InChI=1S/C14H16F3NO4/c1-21-11-8(10-5-7(6-18-10)13(19)20)3-4-9(12(11)22-2)14(15,16)17/h3-4,7,10,18H,5-6H2,1-2H3,(H,19,20). The Morgan fingerprint density at radius 1 is 1.27 bits per heavy atom. The number of benzene rings is 1. The average molecular weight is 319 g/mol. The highest BCUT2D eigenvalue weighted by Gasteiger charge is 2.38. The molecule has 1 saturated heterocycles. The number of aliphatic carboxylic acids is 1. The summed E-state index contributed by atoms with van der Waals surface area (Å²) in [6, 6.07) is 1.82. The molecule has 2 rings (SSSR count). The molecule has 2 N–H and O–H groups in total. The largest absolute Gasteiger partial charge is 0.492 e. The molecule has 5 nitrogen and oxygen atoms in total. The molecule has 0 spiro atoms. The highest BCUT2D eigenvalue weighted by Crippen LogP contribution is 2.46. The normalized spacial score (nSPS) is 21.7. The van der Waals surface area contributed by atoms with Crippen molar-refractivity contribution < 1.29 is 32.5 Å². The number of carboxylic acid groups (broad SMARTS) is 1. The van der Waals surface area contributed by atoms with Crippen molar-refractivity contribution in [3.63, 3.8) is 0 Å². The molecule has 122 valence electrons. The van der Waals surface area contributed by atoms with Crippen molar-refractivity contribution >= 4 is 5.97 Å². The van der Waals surface area contributed by atoms with Crippen molar-refractivity contribution in [2.45, 2.75) is 18.6 Å². The van der Waals surface area contributed by atoms with E-state index in [9.17, 15) is 18.0 Å². The molecule has 0 radical (unpaired) electrons. The molecule has 1 aromatic rings. The number of halogens is 3. The molecule has 1 heterocycles. The number of hydrogen-bond donors (Lipinski definition) is 2. The molecule has 0 aliphatic carbocycles. The van der Waals surface area contributed by atoms with Gasteiger partial charge in [0.2, 0.25) is 0 Å². The van der Waals surface area contributed by atoms with Crippen molar-refractivity contribution in [3.05, 3.63) is 23.3 Å². The molecular formula is C14H16F3NO4. The van der Waals surface area contributed by atoms with E-state index in [4.69, 9.17) is 14.6 Å². The van der Waals surface area contributed by atoms with E-state index in [0.717, 1.165) is 13.2 Å². The van der Waals surface area contributed by atoms with E-state index in [-0.39, 0.29) is 18.7 Å². The molecular weight excluding hydrogens is 303 g/mol. The summed E-state index contributed by atoms with van der Waals surface area (Å²) in [6.07, 6.45) is -4.29. The topological polar surface area (TPSA) is 67.8 Å². The molecule has 0 saturated carbocycles. The highest BCUT2D eigenvalue weighted by atomic mass is 19.4. The first-order chi connectivity index (χ1) is 10.3. The fourth-order valence-corrected chi connectivity index (χ4v) is 2.65. The molecule has 1 aliphatic rings. The van der Waals surface area contributed by atoms with Crippen LogP contribution < -0.4 is 14.8 Å². The Bertz CT molecular complexity index is 574. The number of carbonyl (C=O) groups is 1. The predicted molar refractivity (Wildman–Crippen MR) is 71.0 cm³/mol. The van der Waals surface area contributed by atoms with Gasteiger partial charge in [-0.3, -0.25) is 4.79 Å². The molecule has 1 aromatic carbocycles. The van der Waals surface area contributed by atoms with Crippen LogP contribution in [0, 0.1) is 5.92 Å². The third kappa shape index (κ3) is 2.96. The summed E-state index contributed by atoms with van der Waals surface area (Å²) >= 11 is 0. The summed E-state index contributed by atoms with van der Waals surface area (Å²) in [7, 11) is 2.39. The minimum Gasteiger partial charge on any atom is -0.492 e. The van der Waals surface area contributed by atoms with E-state index in [1.165, 1.54) is 13.2 Å². The van der Waals surface area contributed by atoms with Crippen LogP contribution in [0.15, 0.2) is 12.1 Å². The number of ether oxygens (including phenoxy) is 2. The van der Waals surface area contributed by atoms with Gasteiger partial charge in [0.1, 0.15) is 5.56 Å². The third-order valence-corrected chi connectivity index (χ3v) is 3.71. The van der Waals surface area contributed by atoms with Crippen molar-refractivity contribution in [1.29, 1.82) is 0 Å². The maximum atomic E-state index is 13.0. The lowest BCUT2D eigenvalue weighted by molar-refractivity contribution is -0.141. The van der Waals surface area contributed by atoms with Crippen molar-refractivity contribution in [1.82, 2.24) is 5.32 Å². The summed E-state index contributed by atoms with van der Waals surface area (Å²) in [6.45, 7) is 0.256. The Morgan fingerprint density at radius 3 is 2.36 bits per heavy atom. The summed E-state index contributed by atoms with van der Waals surface area (Å²) in [5, 5.41) is 12.0. The lowest BCUT2D eigenvalue weighted by atomic mass is 9.97. The van der Waals surface area contributed by atoms with Gasteiger partial charge in [0.05, 0.1) is 20.1 Å². The van der Waals surface area contributed by atoms with E-state index in [0.29, 0.717) is 5.56 Å². The van der Waals surface area contributed by atoms with Crippen LogP contribution in [0.25, 0.3) is 0 Å². The van der Waals surface area contributed by atoms with E-state index < -0.39 is 35.4 Å². The van der Waals surface area contributed by atoms with Crippen molar-refractivity contribution in [2.75, 3.05) is 20.8 Å². The molecule has 8 heteroatoms. The first kappa shape index (κ1) is 16.4. The van der Waals surface area contributed by atoms with E-state index >= 15 is 0 Å². The fourth-order valence-electron chi connectivity index (χ4n) is 2.65. The number of nitrogens with one attached hydrogen (secondary N) is 1. The van der Waals surface area contributed by atoms with E-state index in [1.807, 2.05) is 0 Å². The number of alkyl halides is 3. The second-order valence-corrected chi connectivity index (χ2v) is 5.00. The van der Waals surface area contributed by atoms with Crippen molar-refractivity contribution in [3.8, 4) is 11.5 Å². The number of carboxylic acids is 1. The second-order valence-electron chi connectivity index (χ2n) is 5.00. The zero-order chi connectivity index (χ0) is 16.5. The molecule has 1 fully saturated rings. The van der Waals surface area contributed by atoms with Gasteiger partial charge in [-0.05, 0) is 12.5 Å². The number of hydrogen-bond acceptors (Lipinski definition) is 4. The highest BCUT2D eigenvalue weighted by molar-refractivity contribution is 5.71. The Morgan fingerprint density at radius 2 is 1.91 bits per heavy atom. The van der Waals surface area contributed by atoms with Gasteiger partial charge >= 0.3 is 12.1 Å². The Balaban J connectivity index is 2.44. The first-order valence-electron chi connectivity index (χ1n) is 6.57. The van der Waals surface area contributed by atoms with Crippen molar-refractivity contribution in [2.24, 2.45) is 5.92 Å². The second kappa shape index (κ2) is 6.04. The van der Waals surface area contributed by atoms with E-state index in [2.05, 4.69) is 5.32 Å². The van der Waals surface area contributed by atoms with Gasteiger partial charge in [-0.25, -0.2) is 0 Å². The third-order valence-electron chi connectivity index (χ3n) is 3.71. The zero-order valence-electron chi connectivity index (χ0n) is 12.0. The van der Waals surface area contributed by atoms with Crippen LogP contribution in [0.5, 0.6) is 11.5 Å². The Hall–Kier alpha value is -1.96. The van der Waals surface area contributed by atoms with Gasteiger partial charge in [0, 0.05) is 18.2 Å². The summed E-state index contributed by atoms with van der Waals surface area (Å²) in [5.41, 5.74) is -0.473. The monoisotopic (exact) mass is 319 g/mol. The Kier molecular flexibility index (Phi) is 4.50. The summed E-state index contributed by atoms with van der Waals surface area (Å²) in [4.78, 5) is 11.0. The maximum absolute atomic E-state index is 13.0. The Labute approximate surface area is 125 Å². The summed E-state index contributed by atoms with van der Waals surface area (Å²) in [5.74, 6) is -1.94. The van der Waals surface area contributed by atoms with Crippen LogP contribution in [0.3, 0.4) is 0 Å². The molecule has 22 heavy (non-hydrogen) atoms. The SMILES string of the molecule is COc1c(C2CC(C(=O)O)CN2)ccc(C(F)(F)F)c1OC. The lowest BCUT2D eigenvalue weighted by Gasteiger charge is -2.21. The van der Waals surface area contributed by atoms with Gasteiger partial charge in [-0.1, -0.05) is 6.07 Å². The minimum absolute atomic E-state index is 0.0270. The van der Waals surface area contributed by atoms with Gasteiger partial charge in [-0.2, -0.15) is 13.2 Å².